The molecule has 2 N–H and O–H groups in total. The molecule has 2 aromatic heterocycles. The smallest absolute Gasteiger partial charge is 0.104 e. The highest BCUT2D eigenvalue weighted by Gasteiger charge is 2.01. The Morgan fingerprint density at radius 2 is 2.23 bits per heavy atom. The molecule has 0 spiro atoms. The summed E-state index contributed by atoms with van der Waals surface area (Å²) in [6.07, 6.45) is 3.59. The van der Waals surface area contributed by atoms with Gasteiger partial charge in [0, 0.05) is 23.1 Å². The van der Waals surface area contributed by atoms with Gasteiger partial charge < -0.3 is 10.3 Å². The van der Waals surface area contributed by atoms with Crippen LogP contribution in [0.3, 0.4) is 0 Å². The minimum atomic E-state index is 0. The minimum absolute atomic E-state index is 0. The van der Waals surface area contributed by atoms with Crippen molar-refractivity contribution in [2.45, 2.75) is 0 Å². The monoisotopic (exact) mass is 261 g/mol. The van der Waals surface area contributed by atoms with E-state index in [0.29, 0.717) is 0 Å². The Hall–Kier alpha value is -0.740. The van der Waals surface area contributed by atoms with Crippen molar-refractivity contribution < 1.29 is 0 Å². The van der Waals surface area contributed by atoms with Gasteiger partial charge in [0.1, 0.15) is 5.82 Å². The van der Waals surface area contributed by atoms with Crippen LogP contribution in [-0.2, 0) is 0 Å². The second-order valence-corrected chi connectivity index (χ2v) is 3.37. The van der Waals surface area contributed by atoms with E-state index in [-0.39, 0.29) is 12.4 Å². The first-order valence-electron chi connectivity index (χ1n) is 3.61. The third-order valence-corrected chi connectivity index (χ3v) is 2.40. The normalized spacial score (nSPS) is 9.69. The molecule has 0 fully saturated rings. The van der Waals surface area contributed by atoms with E-state index >= 15 is 0 Å². The maximum Gasteiger partial charge on any atom is 0.104 e. The first-order valence-corrected chi connectivity index (χ1v) is 4.40. The number of nitrogens with zero attached hydrogens (tertiary/aromatic N) is 1. The summed E-state index contributed by atoms with van der Waals surface area (Å²) in [5.41, 5.74) is 1.04. The summed E-state index contributed by atoms with van der Waals surface area (Å²) in [7, 11) is 1.88. The van der Waals surface area contributed by atoms with Gasteiger partial charge >= 0.3 is 0 Å². The lowest BCUT2D eigenvalue weighted by molar-refractivity contribution is 1.32. The third-order valence-electron chi connectivity index (χ3n) is 1.77. The molecular weight excluding hydrogens is 253 g/mol. The summed E-state index contributed by atoms with van der Waals surface area (Å²) in [6, 6.07) is 2.04. The number of pyridine rings is 1. The Labute approximate surface area is 90.5 Å². The number of aromatic amines is 1. The summed E-state index contributed by atoms with van der Waals surface area (Å²) in [6.45, 7) is 0. The molecule has 3 nitrogen and oxygen atoms in total. The van der Waals surface area contributed by atoms with Gasteiger partial charge in [0.25, 0.3) is 0 Å². The topological polar surface area (TPSA) is 40.7 Å². The Kier molecular flexibility index (Phi) is 3.17. The van der Waals surface area contributed by atoms with Crippen LogP contribution in [0.25, 0.3) is 10.9 Å². The molecule has 0 saturated heterocycles. The van der Waals surface area contributed by atoms with Crippen LogP contribution in [0.15, 0.2) is 22.9 Å². The van der Waals surface area contributed by atoms with E-state index in [1.165, 1.54) is 0 Å². The number of nitrogens with one attached hydrogen (secondary N) is 2. The number of halogens is 2. The zero-order chi connectivity index (χ0) is 8.55. The maximum absolute atomic E-state index is 4.05. The quantitative estimate of drug-likeness (QED) is 0.830. The van der Waals surface area contributed by atoms with Crippen LogP contribution < -0.4 is 5.32 Å². The summed E-state index contributed by atoms with van der Waals surface area (Å²) in [5.74, 6) is 0.999. The summed E-state index contributed by atoms with van der Waals surface area (Å²) in [5, 5.41) is 4.19. The van der Waals surface area contributed by atoms with Gasteiger partial charge in [0.2, 0.25) is 0 Å². The Morgan fingerprint density at radius 1 is 1.46 bits per heavy atom. The van der Waals surface area contributed by atoms with Crippen LogP contribution in [0.5, 0.6) is 0 Å². The van der Waals surface area contributed by atoms with Gasteiger partial charge in [-0.25, -0.2) is 0 Å². The van der Waals surface area contributed by atoms with E-state index in [0.717, 1.165) is 21.2 Å². The number of anilines is 1. The highest BCUT2D eigenvalue weighted by molar-refractivity contribution is 9.10. The van der Waals surface area contributed by atoms with Crippen LogP contribution in [0, 0.1) is 0 Å². The lowest BCUT2D eigenvalue weighted by atomic mass is 10.3. The number of rotatable bonds is 1. The van der Waals surface area contributed by atoms with Crippen molar-refractivity contribution in [3.8, 4) is 0 Å². The van der Waals surface area contributed by atoms with Crippen LogP contribution >= 0.6 is 28.3 Å². The first kappa shape index (κ1) is 10.3. The number of hydrogen-bond donors (Lipinski definition) is 2. The zero-order valence-electron chi connectivity index (χ0n) is 6.97. The summed E-state index contributed by atoms with van der Waals surface area (Å²) in [4.78, 5) is 7.24. The van der Waals surface area contributed by atoms with Crippen LogP contribution in [-0.4, -0.2) is 17.0 Å². The molecule has 0 bridgehead atoms. The maximum atomic E-state index is 4.05. The molecule has 0 aliphatic carbocycles. The highest BCUT2D eigenvalue weighted by Crippen LogP contribution is 2.24. The standard InChI is InChI=1S/C8H8BrN3.ClH/c1-10-8-2-5-6(9)3-11-4-7(5)12-8;/h2-4,10,12H,1H3;1H. The molecule has 13 heavy (non-hydrogen) atoms. The van der Waals surface area contributed by atoms with Gasteiger partial charge in [0.15, 0.2) is 0 Å². The number of aromatic nitrogens is 2. The summed E-state index contributed by atoms with van der Waals surface area (Å²) >= 11 is 3.43. The van der Waals surface area contributed by atoms with Crippen molar-refractivity contribution >= 4 is 45.1 Å². The van der Waals surface area contributed by atoms with Gasteiger partial charge in [-0.3, -0.25) is 4.98 Å². The van der Waals surface area contributed by atoms with Gasteiger partial charge in [-0.1, -0.05) is 0 Å². The largest absolute Gasteiger partial charge is 0.375 e. The van der Waals surface area contributed by atoms with Crippen molar-refractivity contribution in [3.05, 3.63) is 22.9 Å². The van der Waals surface area contributed by atoms with E-state index < -0.39 is 0 Å². The van der Waals surface area contributed by atoms with Gasteiger partial charge in [-0.15, -0.1) is 12.4 Å². The third kappa shape index (κ3) is 1.78. The van der Waals surface area contributed by atoms with Crippen LogP contribution in [0.2, 0.25) is 0 Å². The SMILES string of the molecule is CNc1cc2c(Br)cncc2[nH]1.Cl. The molecule has 0 saturated carbocycles. The number of H-pyrrole nitrogens is 1. The van der Waals surface area contributed by atoms with Crippen molar-refractivity contribution in [3.63, 3.8) is 0 Å². The summed E-state index contributed by atoms with van der Waals surface area (Å²) < 4.78 is 1.01. The van der Waals surface area contributed by atoms with Gasteiger partial charge in [-0.05, 0) is 22.0 Å². The van der Waals surface area contributed by atoms with E-state index in [4.69, 9.17) is 0 Å². The zero-order valence-corrected chi connectivity index (χ0v) is 9.37. The lowest BCUT2D eigenvalue weighted by Gasteiger charge is -1.89. The molecule has 2 rings (SSSR count). The second kappa shape index (κ2) is 3.98. The Bertz CT molecular complexity index is 413. The van der Waals surface area contributed by atoms with E-state index in [1.807, 2.05) is 13.1 Å². The molecule has 0 aliphatic heterocycles. The first-order chi connectivity index (χ1) is 5.81. The van der Waals surface area contributed by atoms with Crippen LogP contribution in [0.1, 0.15) is 0 Å². The molecule has 2 aromatic rings. The number of fused-ring (bicyclic) bond motifs is 1. The highest BCUT2D eigenvalue weighted by atomic mass is 79.9. The van der Waals surface area contributed by atoms with Gasteiger partial charge in [-0.2, -0.15) is 0 Å². The van der Waals surface area contributed by atoms with E-state index in [1.54, 1.807) is 12.4 Å². The van der Waals surface area contributed by atoms with Gasteiger partial charge in [0.05, 0.1) is 11.7 Å². The Balaban J connectivity index is 0.000000845. The molecule has 2 heterocycles. The van der Waals surface area contributed by atoms with Crippen LogP contribution in [0.4, 0.5) is 5.82 Å². The molecule has 0 aromatic carbocycles. The minimum Gasteiger partial charge on any atom is -0.375 e. The molecule has 0 amide bonds. The fourth-order valence-corrected chi connectivity index (χ4v) is 1.60. The predicted molar refractivity (Wildman–Crippen MR) is 60.6 cm³/mol. The molecule has 70 valence electrons. The fourth-order valence-electron chi connectivity index (χ4n) is 1.15. The second-order valence-electron chi connectivity index (χ2n) is 2.52. The lowest BCUT2D eigenvalue weighted by Crippen LogP contribution is -1.85. The molecule has 5 heteroatoms. The van der Waals surface area contributed by atoms with E-state index in [9.17, 15) is 0 Å². The Morgan fingerprint density at radius 3 is 2.85 bits per heavy atom. The fraction of sp³-hybridized carbons (Fsp3) is 0.125. The molecule has 0 radical (unpaired) electrons. The van der Waals surface area contributed by atoms with Crippen molar-refractivity contribution in [2.75, 3.05) is 12.4 Å². The molecule has 0 unspecified atom stereocenters. The van der Waals surface area contributed by atoms with Crippen molar-refractivity contribution in [1.29, 1.82) is 0 Å². The van der Waals surface area contributed by atoms with Crippen molar-refractivity contribution in [1.82, 2.24) is 9.97 Å². The molecule has 0 atom stereocenters. The number of hydrogen-bond acceptors (Lipinski definition) is 2. The molecular formula is C8H9BrClN3. The average Bonchev–Trinajstić information content (AvgIpc) is 2.49. The molecule has 0 aliphatic rings. The van der Waals surface area contributed by atoms with Crippen molar-refractivity contribution in [2.24, 2.45) is 0 Å². The average molecular weight is 263 g/mol. The van der Waals surface area contributed by atoms with E-state index in [2.05, 4.69) is 31.2 Å². The predicted octanol–water partition coefficient (Wildman–Crippen LogP) is 2.79.